The Kier molecular flexibility index (Phi) is 4.85. The van der Waals surface area contributed by atoms with Crippen molar-refractivity contribution < 1.29 is 4.79 Å². The van der Waals surface area contributed by atoms with Crippen LogP contribution >= 0.6 is 23.2 Å². The number of benzene rings is 2. The first-order valence-corrected chi connectivity index (χ1v) is 7.27. The quantitative estimate of drug-likeness (QED) is 0.689. The van der Waals surface area contributed by atoms with E-state index in [0.717, 1.165) is 0 Å². The number of Topliss-reactive ketones (excluding diaryl/α,β-unsaturated/α-hetero) is 1. The largest absolute Gasteiger partial charge is 0.294 e. The molecule has 0 atom stereocenters. The predicted octanol–water partition coefficient (Wildman–Crippen LogP) is 5.43. The molecule has 0 unspecified atom stereocenters. The molecule has 20 heavy (non-hydrogen) atoms. The molecule has 0 aliphatic heterocycles. The second-order valence-corrected chi connectivity index (χ2v) is 5.81. The Balaban J connectivity index is 2.10. The highest BCUT2D eigenvalue weighted by Crippen LogP contribution is 2.26. The molecule has 0 aromatic heterocycles. The van der Waals surface area contributed by atoms with Crippen LogP contribution in [0.4, 0.5) is 0 Å². The second-order valence-electron chi connectivity index (χ2n) is 5.02. The van der Waals surface area contributed by atoms with Gasteiger partial charge in [0.05, 0.1) is 10.0 Å². The highest BCUT2D eigenvalue weighted by atomic mass is 35.5. The van der Waals surface area contributed by atoms with Gasteiger partial charge in [-0.2, -0.15) is 0 Å². The number of carbonyl (C=O) groups is 1. The molecule has 0 aliphatic rings. The van der Waals surface area contributed by atoms with Crippen molar-refractivity contribution in [3.63, 3.8) is 0 Å². The molecule has 0 fully saturated rings. The van der Waals surface area contributed by atoms with Gasteiger partial charge in [0, 0.05) is 12.0 Å². The normalized spacial score (nSPS) is 10.6. The fourth-order valence-electron chi connectivity index (χ4n) is 2.33. The number of rotatable bonds is 4. The third kappa shape index (κ3) is 3.62. The summed E-state index contributed by atoms with van der Waals surface area (Å²) in [6.07, 6.45) is 1.15. The van der Waals surface area contributed by atoms with E-state index in [1.807, 2.05) is 0 Å². The van der Waals surface area contributed by atoms with E-state index in [4.69, 9.17) is 23.2 Å². The maximum Gasteiger partial charge on any atom is 0.164 e. The summed E-state index contributed by atoms with van der Waals surface area (Å²) in [4.78, 5) is 12.2. The molecule has 0 N–H and O–H groups in total. The molecule has 0 radical (unpaired) electrons. The molecule has 0 saturated heterocycles. The Morgan fingerprint density at radius 2 is 1.70 bits per heavy atom. The van der Waals surface area contributed by atoms with Crippen LogP contribution in [-0.4, -0.2) is 5.78 Å². The van der Waals surface area contributed by atoms with Crippen molar-refractivity contribution in [1.29, 1.82) is 0 Å². The van der Waals surface area contributed by atoms with Crippen LogP contribution in [0.3, 0.4) is 0 Å². The third-order valence-electron chi connectivity index (χ3n) is 3.17. The monoisotopic (exact) mass is 306 g/mol. The smallest absolute Gasteiger partial charge is 0.164 e. The molecule has 0 aliphatic carbocycles. The Bertz CT molecular complexity index is 627. The van der Waals surface area contributed by atoms with E-state index in [0.29, 0.717) is 28.5 Å². The maximum atomic E-state index is 12.2. The molecule has 3 heteroatoms. The predicted molar refractivity (Wildman–Crippen MR) is 85.0 cm³/mol. The highest BCUT2D eigenvalue weighted by Gasteiger charge is 2.12. The molecule has 2 rings (SSSR count). The lowest BCUT2D eigenvalue weighted by Crippen LogP contribution is -2.02. The maximum absolute atomic E-state index is 12.2. The Morgan fingerprint density at radius 1 is 1.05 bits per heavy atom. The summed E-state index contributed by atoms with van der Waals surface area (Å²) in [5.41, 5.74) is 4.11. The lowest BCUT2D eigenvalue weighted by molar-refractivity contribution is 0.0983. The summed E-state index contributed by atoms with van der Waals surface area (Å²) in [7, 11) is 0. The molecule has 0 saturated carbocycles. The molecule has 0 spiro atoms. The zero-order valence-corrected chi connectivity index (χ0v) is 13.1. The van der Waals surface area contributed by atoms with Gasteiger partial charge in [-0.25, -0.2) is 0 Å². The van der Waals surface area contributed by atoms with Crippen molar-refractivity contribution in [3.05, 3.63) is 68.7 Å². The van der Waals surface area contributed by atoms with Crippen LogP contribution in [-0.2, 0) is 6.42 Å². The molecule has 1 nitrogen and oxygen atoms in total. The van der Waals surface area contributed by atoms with Crippen molar-refractivity contribution in [2.45, 2.75) is 26.7 Å². The summed E-state index contributed by atoms with van der Waals surface area (Å²) in [6.45, 7) is 4.12. The van der Waals surface area contributed by atoms with Crippen molar-refractivity contribution in [2.75, 3.05) is 0 Å². The zero-order chi connectivity index (χ0) is 14.7. The number of carbonyl (C=O) groups excluding carboxylic acids is 1. The summed E-state index contributed by atoms with van der Waals surface area (Å²) in [5.74, 6) is 0.0247. The van der Waals surface area contributed by atoms with Crippen LogP contribution in [0.1, 0.15) is 33.5 Å². The molecule has 104 valence electrons. The van der Waals surface area contributed by atoms with Gasteiger partial charge in [0.2, 0.25) is 0 Å². The third-order valence-corrected chi connectivity index (χ3v) is 3.99. The van der Waals surface area contributed by atoms with Gasteiger partial charge < -0.3 is 0 Å². The average molecular weight is 307 g/mol. The Morgan fingerprint density at radius 3 is 2.35 bits per heavy atom. The second kappa shape index (κ2) is 6.43. The molecule has 0 bridgehead atoms. The average Bonchev–Trinajstić information content (AvgIpc) is 2.38. The van der Waals surface area contributed by atoms with Crippen LogP contribution < -0.4 is 0 Å². The van der Waals surface area contributed by atoms with E-state index in [1.165, 1.54) is 16.7 Å². The van der Waals surface area contributed by atoms with E-state index in [1.54, 1.807) is 18.2 Å². The van der Waals surface area contributed by atoms with Crippen molar-refractivity contribution >= 4 is 29.0 Å². The fraction of sp³-hybridized carbons (Fsp3) is 0.235. The van der Waals surface area contributed by atoms with E-state index < -0.39 is 0 Å². The van der Waals surface area contributed by atoms with E-state index in [9.17, 15) is 4.79 Å². The van der Waals surface area contributed by atoms with Crippen LogP contribution in [0, 0.1) is 13.8 Å². The van der Waals surface area contributed by atoms with Crippen molar-refractivity contribution in [2.24, 2.45) is 0 Å². The van der Waals surface area contributed by atoms with Crippen LogP contribution in [0.5, 0.6) is 0 Å². The minimum absolute atomic E-state index is 0.0247. The molecular weight excluding hydrogens is 291 g/mol. The summed E-state index contributed by atoms with van der Waals surface area (Å²) < 4.78 is 0. The summed E-state index contributed by atoms with van der Waals surface area (Å²) in [6, 6.07) is 11.5. The Labute approximate surface area is 129 Å². The fourth-order valence-corrected chi connectivity index (χ4v) is 2.73. The number of hydrogen-bond acceptors (Lipinski definition) is 1. The van der Waals surface area contributed by atoms with Gasteiger partial charge in [0.1, 0.15) is 0 Å². The van der Waals surface area contributed by atoms with Gasteiger partial charge in [-0.1, -0.05) is 58.6 Å². The first-order chi connectivity index (χ1) is 9.47. The molecule has 2 aromatic carbocycles. The first kappa shape index (κ1) is 15.1. The van der Waals surface area contributed by atoms with E-state index in [2.05, 4.69) is 32.0 Å². The van der Waals surface area contributed by atoms with Gasteiger partial charge in [-0.05, 0) is 38.0 Å². The number of ketones is 1. The lowest BCUT2D eigenvalue weighted by atomic mass is 10.00. The molecule has 0 amide bonds. The summed E-state index contributed by atoms with van der Waals surface area (Å²) >= 11 is 12.0. The highest BCUT2D eigenvalue weighted by molar-refractivity contribution is 6.43. The number of hydrogen-bond donors (Lipinski definition) is 0. The van der Waals surface area contributed by atoms with Gasteiger partial charge in [0.15, 0.2) is 5.78 Å². The topological polar surface area (TPSA) is 17.1 Å². The van der Waals surface area contributed by atoms with E-state index in [-0.39, 0.29) is 5.78 Å². The molecule has 2 aromatic rings. The standard InChI is InChI=1S/C17H16Cl2O/c1-11-8-12(2)10-13(9-11)6-7-16(20)14-4-3-5-15(18)17(14)19/h3-5,8-10H,6-7H2,1-2H3. The first-order valence-electron chi connectivity index (χ1n) is 6.52. The van der Waals surface area contributed by atoms with Crippen LogP contribution in [0.15, 0.2) is 36.4 Å². The van der Waals surface area contributed by atoms with Crippen LogP contribution in [0.2, 0.25) is 10.0 Å². The molecular formula is C17H16Cl2O. The van der Waals surface area contributed by atoms with E-state index >= 15 is 0 Å². The molecule has 0 heterocycles. The number of aryl methyl sites for hydroxylation is 3. The van der Waals surface area contributed by atoms with Gasteiger partial charge in [0.25, 0.3) is 0 Å². The zero-order valence-electron chi connectivity index (χ0n) is 11.5. The minimum atomic E-state index is 0.0247. The lowest BCUT2D eigenvalue weighted by Gasteiger charge is -2.07. The Hall–Kier alpha value is -1.31. The van der Waals surface area contributed by atoms with Crippen LogP contribution in [0.25, 0.3) is 0 Å². The van der Waals surface area contributed by atoms with Gasteiger partial charge in [-0.3, -0.25) is 4.79 Å². The number of halogens is 2. The minimum Gasteiger partial charge on any atom is -0.294 e. The summed E-state index contributed by atoms with van der Waals surface area (Å²) in [5, 5.41) is 0.767. The van der Waals surface area contributed by atoms with Crippen molar-refractivity contribution in [1.82, 2.24) is 0 Å². The SMILES string of the molecule is Cc1cc(C)cc(CCC(=O)c2cccc(Cl)c2Cl)c1. The van der Waals surface area contributed by atoms with Gasteiger partial charge >= 0.3 is 0 Å². The van der Waals surface area contributed by atoms with Gasteiger partial charge in [-0.15, -0.1) is 0 Å². The van der Waals surface area contributed by atoms with Crippen molar-refractivity contribution in [3.8, 4) is 0 Å².